The van der Waals surface area contributed by atoms with Gasteiger partial charge in [-0.3, -0.25) is 9.59 Å². The van der Waals surface area contributed by atoms with Crippen molar-refractivity contribution in [1.29, 1.82) is 0 Å². The number of rotatable bonds is 8. The molecule has 0 spiro atoms. The molecule has 2 aromatic rings. The normalized spacial score (nSPS) is 14.2. The number of ether oxygens (including phenoxy) is 2. The summed E-state index contributed by atoms with van der Waals surface area (Å²) in [5.74, 6) is -4.79. The lowest BCUT2D eigenvalue weighted by molar-refractivity contribution is -0.168. The monoisotopic (exact) mass is 454 g/mol. The van der Waals surface area contributed by atoms with Crippen molar-refractivity contribution in [3.63, 3.8) is 0 Å². The van der Waals surface area contributed by atoms with Gasteiger partial charge in [-0.25, -0.2) is 4.79 Å². The van der Waals surface area contributed by atoms with Crippen molar-refractivity contribution in [2.45, 2.75) is 50.8 Å². The van der Waals surface area contributed by atoms with Crippen molar-refractivity contribution < 1.29 is 29.0 Å². The Kier molecular flexibility index (Phi) is 6.90. The molecule has 0 bridgehead atoms. The zero-order valence-corrected chi connectivity index (χ0v) is 19.0. The van der Waals surface area contributed by atoms with Gasteiger partial charge in [0, 0.05) is 5.92 Å². The van der Waals surface area contributed by atoms with E-state index in [0.717, 1.165) is 22.3 Å². The lowest BCUT2D eigenvalue weighted by Gasteiger charge is -2.26. The molecule has 8 nitrogen and oxygen atoms in total. The molecule has 1 aliphatic rings. The molecule has 3 rings (SSSR count). The van der Waals surface area contributed by atoms with Crippen molar-refractivity contribution in [1.82, 2.24) is 0 Å². The number of carbonyl (C=O) groups is 3. The Morgan fingerprint density at radius 3 is 1.97 bits per heavy atom. The molecule has 8 heteroatoms. The van der Waals surface area contributed by atoms with Gasteiger partial charge in [-0.15, -0.1) is 0 Å². The molecule has 176 valence electrons. The quantitative estimate of drug-likeness (QED) is 0.314. The van der Waals surface area contributed by atoms with Gasteiger partial charge >= 0.3 is 17.9 Å². The molecule has 0 aromatic heterocycles. The second-order valence-corrected chi connectivity index (χ2v) is 9.33. The Bertz CT molecular complexity index is 1010. The largest absolute Gasteiger partial charge is 0.481 e. The van der Waals surface area contributed by atoms with Crippen LogP contribution in [0.4, 0.5) is 0 Å². The van der Waals surface area contributed by atoms with Crippen LogP contribution in [0.5, 0.6) is 0 Å². The van der Waals surface area contributed by atoms with Crippen molar-refractivity contribution in [2.24, 2.45) is 17.4 Å². The molecule has 0 saturated carbocycles. The first-order valence-corrected chi connectivity index (χ1v) is 10.8. The average molecular weight is 455 g/mol. The smallest absolute Gasteiger partial charge is 0.340 e. The predicted molar refractivity (Wildman–Crippen MR) is 122 cm³/mol. The summed E-state index contributed by atoms with van der Waals surface area (Å²) < 4.78 is 10.6. The van der Waals surface area contributed by atoms with Crippen LogP contribution in [0.1, 0.15) is 50.7 Å². The van der Waals surface area contributed by atoms with Gasteiger partial charge in [-0.1, -0.05) is 48.5 Å². The second kappa shape index (κ2) is 9.33. The third-order valence-corrected chi connectivity index (χ3v) is 5.56. The van der Waals surface area contributed by atoms with Gasteiger partial charge in [0.15, 0.2) is 11.6 Å². The molecule has 0 saturated heterocycles. The maximum absolute atomic E-state index is 12.7. The maximum Gasteiger partial charge on any atom is 0.340 e. The molecular formula is C25H30N2O6. The van der Waals surface area contributed by atoms with Gasteiger partial charge in [0.25, 0.3) is 0 Å². The zero-order chi connectivity index (χ0) is 24.4. The minimum absolute atomic E-state index is 0.0391. The van der Waals surface area contributed by atoms with Crippen LogP contribution in [0.2, 0.25) is 0 Å². The molecule has 5 N–H and O–H groups in total. The summed E-state index contributed by atoms with van der Waals surface area (Å²) in [5.41, 5.74) is 13.4. The van der Waals surface area contributed by atoms with Crippen LogP contribution in [0.25, 0.3) is 11.1 Å². The molecule has 0 radical (unpaired) electrons. The van der Waals surface area contributed by atoms with Gasteiger partial charge in [-0.05, 0) is 55.9 Å². The Morgan fingerprint density at radius 2 is 1.48 bits per heavy atom. The van der Waals surface area contributed by atoms with E-state index in [0.29, 0.717) is 0 Å². The van der Waals surface area contributed by atoms with E-state index in [9.17, 15) is 19.5 Å². The Balaban J connectivity index is 1.65. The first kappa shape index (κ1) is 24.4. The summed E-state index contributed by atoms with van der Waals surface area (Å²) in [6.45, 7) is 4.95. The van der Waals surface area contributed by atoms with Crippen LogP contribution in [0.15, 0.2) is 48.5 Å². The molecule has 2 aromatic carbocycles. The number of aliphatic carboxylic acids is 1. The van der Waals surface area contributed by atoms with Crippen LogP contribution >= 0.6 is 0 Å². The standard InChI is InChI=1S/C25H30N2O6/c1-24(2,3)33-22(30)19(21(28)29)12-13-25(26,27)23(31)32-14-20-17-10-6-4-8-15(17)16-9-5-7-11-18(16)20/h4-11,19-20H,12-14,26-27H2,1-3H3,(H,28,29). The minimum Gasteiger partial charge on any atom is -0.481 e. The third-order valence-electron chi connectivity index (χ3n) is 5.56. The van der Waals surface area contributed by atoms with E-state index < -0.39 is 35.1 Å². The molecule has 33 heavy (non-hydrogen) atoms. The van der Waals surface area contributed by atoms with Crippen molar-refractivity contribution >= 4 is 17.9 Å². The number of carbonyl (C=O) groups excluding carboxylic acids is 2. The van der Waals surface area contributed by atoms with Gasteiger partial charge in [-0.2, -0.15) is 0 Å². The molecule has 1 aliphatic carbocycles. The molecule has 0 aliphatic heterocycles. The van der Waals surface area contributed by atoms with E-state index in [1.54, 1.807) is 20.8 Å². The average Bonchev–Trinajstić information content (AvgIpc) is 3.04. The number of esters is 2. The molecule has 1 unspecified atom stereocenters. The van der Waals surface area contributed by atoms with Crippen molar-refractivity contribution in [3.05, 3.63) is 59.7 Å². The maximum atomic E-state index is 12.7. The van der Waals surface area contributed by atoms with E-state index in [2.05, 4.69) is 0 Å². The summed E-state index contributed by atoms with van der Waals surface area (Å²) in [5, 5.41) is 9.41. The second-order valence-electron chi connectivity index (χ2n) is 9.33. The van der Waals surface area contributed by atoms with Crippen LogP contribution in [-0.2, 0) is 23.9 Å². The number of benzene rings is 2. The molecule has 0 fully saturated rings. The lowest BCUT2D eigenvalue weighted by Crippen LogP contribution is -2.57. The number of nitrogens with two attached hydrogens (primary N) is 2. The summed E-state index contributed by atoms with van der Waals surface area (Å²) in [6.07, 6.45) is -0.526. The highest BCUT2D eigenvalue weighted by Crippen LogP contribution is 2.44. The van der Waals surface area contributed by atoms with E-state index >= 15 is 0 Å². The topological polar surface area (TPSA) is 142 Å². The van der Waals surface area contributed by atoms with Crippen molar-refractivity contribution in [2.75, 3.05) is 6.61 Å². The van der Waals surface area contributed by atoms with E-state index in [1.165, 1.54) is 0 Å². The highest BCUT2D eigenvalue weighted by atomic mass is 16.6. The minimum atomic E-state index is -1.95. The van der Waals surface area contributed by atoms with E-state index in [-0.39, 0.29) is 25.4 Å². The van der Waals surface area contributed by atoms with Gasteiger partial charge in [0.05, 0.1) is 0 Å². The Morgan fingerprint density at radius 1 is 0.970 bits per heavy atom. The zero-order valence-electron chi connectivity index (χ0n) is 19.0. The number of hydrogen-bond donors (Lipinski definition) is 3. The highest BCUT2D eigenvalue weighted by molar-refractivity contribution is 5.94. The molecule has 1 atom stereocenters. The van der Waals surface area contributed by atoms with Crippen LogP contribution in [0.3, 0.4) is 0 Å². The van der Waals surface area contributed by atoms with E-state index in [4.69, 9.17) is 20.9 Å². The lowest BCUT2D eigenvalue weighted by atomic mass is 9.96. The Hall–Kier alpha value is -3.23. The summed E-state index contributed by atoms with van der Waals surface area (Å²) in [6, 6.07) is 15.8. The number of carboxylic acids is 1. The fourth-order valence-electron chi connectivity index (χ4n) is 3.93. The van der Waals surface area contributed by atoms with E-state index in [1.807, 2.05) is 48.5 Å². The van der Waals surface area contributed by atoms with Gasteiger partial charge < -0.3 is 26.0 Å². The number of carboxylic acid groups (broad SMARTS) is 1. The molecular weight excluding hydrogens is 424 g/mol. The van der Waals surface area contributed by atoms with Crippen LogP contribution in [0, 0.1) is 5.92 Å². The first-order valence-electron chi connectivity index (χ1n) is 10.8. The predicted octanol–water partition coefficient (Wildman–Crippen LogP) is 2.78. The van der Waals surface area contributed by atoms with Gasteiger partial charge in [0.1, 0.15) is 12.2 Å². The van der Waals surface area contributed by atoms with Crippen LogP contribution in [-0.4, -0.2) is 40.9 Å². The number of fused-ring (bicyclic) bond motifs is 3. The first-order chi connectivity index (χ1) is 15.4. The fraction of sp³-hybridized carbons (Fsp3) is 0.400. The number of hydrogen-bond acceptors (Lipinski definition) is 7. The third kappa shape index (κ3) is 5.58. The summed E-state index contributed by atoms with van der Waals surface area (Å²) in [7, 11) is 0. The SMILES string of the molecule is CC(C)(C)OC(=O)C(CCC(N)(N)C(=O)OCC1c2ccccc2-c2ccccc21)C(=O)O. The summed E-state index contributed by atoms with van der Waals surface area (Å²) in [4.78, 5) is 36.5. The van der Waals surface area contributed by atoms with Gasteiger partial charge in [0.2, 0.25) is 0 Å². The molecule has 0 amide bonds. The summed E-state index contributed by atoms with van der Waals surface area (Å²) >= 11 is 0. The fourth-order valence-corrected chi connectivity index (χ4v) is 3.93. The van der Waals surface area contributed by atoms with Crippen LogP contribution < -0.4 is 11.5 Å². The van der Waals surface area contributed by atoms with Crippen molar-refractivity contribution in [3.8, 4) is 11.1 Å². The highest BCUT2D eigenvalue weighted by Gasteiger charge is 2.38. The molecule has 0 heterocycles. The Labute approximate surface area is 192 Å².